The summed E-state index contributed by atoms with van der Waals surface area (Å²) in [6, 6.07) is 15.5. The Morgan fingerprint density at radius 3 is 2.27 bits per heavy atom. The van der Waals surface area contributed by atoms with Gasteiger partial charge in [0.2, 0.25) is 17.7 Å². The summed E-state index contributed by atoms with van der Waals surface area (Å²) in [6.45, 7) is 5.83. The molecule has 0 bridgehead atoms. The first-order valence-corrected chi connectivity index (χ1v) is 16.5. The van der Waals surface area contributed by atoms with Gasteiger partial charge in [0.05, 0.1) is 6.54 Å². The van der Waals surface area contributed by atoms with E-state index in [1.807, 2.05) is 0 Å². The zero-order valence-corrected chi connectivity index (χ0v) is 28.8. The molecule has 0 radical (unpaired) electrons. The SMILES string of the molecule is CC(C)(C)[C@H](NC(=O)/C=C/c1ccc2c(c1)C(O)C(C(=O)O)(C(=O)O)O2)C(=O)N1CCC[C@H]1C(=O)N(Cc1ccc(O)cc1)c1ccc(Cl)cc1. The number of rotatable bonds is 10. The van der Waals surface area contributed by atoms with E-state index < -0.39 is 53.0 Å². The molecule has 3 atom stereocenters. The van der Waals surface area contributed by atoms with Gasteiger partial charge in [-0.05, 0) is 84.0 Å². The van der Waals surface area contributed by atoms with E-state index in [1.54, 1.807) is 62.1 Å². The van der Waals surface area contributed by atoms with E-state index >= 15 is 0 Å². The van der Waals surface area contributed by atoms with Crippen LogP contribution in [0.1, 0.15) is 56.4 Å². The van der Waals surface area contributed by atoms with Gasteiger partial charge in [0, 0.05) is 28.9 Å². The fourth-order valence-electron chi connectivity index (χ4n) is 6.18. The molecule has 3 amide bonds. The van der Waals surface area contributed by atoms with Crippen LogP contribution in [0.3, 0.4) is 0 Å². The summed E-state index contributed by atoms with van der Waals surface area (Å²) < 4.78 is 5.14. The number of aliphatic hydroxyl groups excluding tert-OH is 1. The third-order valence-electron chi connectivity index (χ3n) is 8.95. The number of phenols is 1. The third-order valence-corrected chi connectivity index (χ3v) is 9.20. The van der Waals surface area contributed by atoms with Gasteiger partial charge in [0.25, 0.3) is 0 Å². The van der Waals surface area contributed by atoms with Crippen LogP contribution < -0.4 is 15.0 Å². The Bertz CT molecular complexity index is 1860. The molecule has 3 aromatic carbocycles. The van der Waals surface area contributed by atoms with E-state index in [9.17, 15) is 44.4 Å². The van der Waals surface area contributed by atoms with Gasteiger partial charge in [-0.25, -0.2) is 9.59 Å². The van der Waals surface area contributed by atoms with Crippen molar-refractivity contribution >= 4 is 53.0 Å². The molecule has 0 aromatic heterocycles. The minimum absolute atomic E-state index is 0.0760. The summed E-state index contributed by atoms with van der Waals surface area (Å²) in [5, 5.41) is 42.6. The number of phenolic OH excluding ortho intramolecular Hbond substituents is 1. The number of likely N-dealkylation sites (tertiary alicyclic amines) is 1. The Morgan fingerprint density at radius 1 is 1.02 bits per heavy atom. The number of fused-ring (bicyclic) bond motifs is 1. The molecular weight excluding hydrogens is 682 g/mol. The number of benzene rings is 3. The van der Waals surface area contributed by atoms with E-state index in [1.165, 1.54) is 41.3 Å². The molecule has 1 saturated heterocycles. The molecule has 2 heterocycles. The maximum absolute atomic E-state index is 14.2. The van der Waals surface area contributed by atoms with Gasteiger partial charge in [-0.1, -0.05) is 50.6 Å². The van der Waals surface area contributed by atoms with Crippen molar-refractivity contribution in [3.8, 4) is 11.5 Å². The number of hydrogen-bond acceptors (Lipinski definition) is 8. The second kappa shape index (κ2) is 14.4. The first-order valence-electron chi connectivity index (χ1n) is 16.1. The molecule has 2 aliphatic rings. The molecule has 0 aliphatic carbocycles. The van der Waals surface area contributed by atoms with E-state index in [-0.39, 0.29) is 29.5 Å². The zero-order valence-electron chi connectivity index (χ0n) is 28.1. The van der Waals surface area contributed by atoms with Gasteiger partial charge < -0.3 is 40.3 Å². The molecule has 0 saturated carbocycles. The molecule has 268 valence electrons. The third kappa shape index (κ3) is 7.54. The smallest absolute Gasteiger partial charge is 0.363 e. The van der Waals surface area contributed by atoms with Crippen LogP contribution in [0, 0.1) is 5.41 Å². The zero-order chi connectivity index (χ0) is 37.2. The number of carbonyl (C=O) groups excluding carboxylic acids is 3. The summed E-state index contributed by atoms with van der Waals surface area (Å²) >= 11 is 6.12. The lowest BCUT2D eigenvalue weighted by atomic mass is 9.85. The lowest BCUT2D eigenvalue weighted by Crippen LogP contribution is -2.57. The average molecular weight is 720 g/mol. The topological polar surface area (TPSA) is 194 Å². The van der Waals surface area contributed by atoms with Crippen LogP contribution in [-0.4, -0.2) is 79.2 Å². The first kappa shape index (κ1) is 36.9. The average Bonchev–Trinajstić information content (AvgIpc) is 3.69. The summed E-state index contributed by atoms with van der Waals surface area (Å²) in [5.74, 6) is -5.16. The number of carboxylic acid groups (broad SMARTS) is 2. The predicted octanol–water partition coefficient (Wildman–Crippen LogP) is 4.15. The number of carboxylic acids is 2. The van der Waals surface area contributed by atoms with Crippen LogP contribution in [0.5, 0.6) is 11.5 Å². The van der Waals surface area contributed by atoms with Gasteiger partial charge in [-0.15, -0.1) is 0 Å². The monoisotopic (exact) mass is 719 g/mol. The Balaban J connectivity index is 1.34. The van der Waals surface area contributed by atoms with Crippen molar-refractivity contribution < 1.29 is 49.1 Å². The molecule has 51 heavy (non-hydrogen) atoms. The van der Waals surface area contributed by atoms with Crippen molar-refractivity contribution in [3.63, 3.8) is 0 Å². The number of ether oxygens (including phenoxy) is 1. The van der Waals surface area contributed by atoms with Crippen molar-refractivity contribution in [1.82, 2.24) is 10.2 Å². The molecule has 0 spiro atoms. The Morgan fingerprint density at radius 2 is 1.67 bits per heavy atom. The number of carbonyl (C=O) groups is 5. The lowest BCUT2D eigenvalue weighted by Gasteiger charge is -2.36. The maximum atomic E-state index is 14.2. The second-order valence-electron chi connectivity index (χ2n) is 13.5. The van der Waals surface area contributed by atoms with Crippen LogP contribution in [-0.2, 0) is 30.5 Å². The quantitative estimate of drug-likeness (QED) is 0.150. The minimum atomic E-state index is -2.91. The van der Waals surface area contributed by atoms with Crippen LogP contribution in [0.15, 0.2) is 72.8 Å². The summed E-state index contributed by atoms with van der Waals surface area (Å²) in [4.78, 5) is 68.2. The van der Waals surface area contributed by atoms with E-state index in [4.69, 9.17) is 16.3 Å². The number of aliphatic carboxylic acids is 2. The fourth-order valence-corrected chi connectivity index (χ4v) is 6.31. The lowest BCUT2D eigenvalue weighted by molar-refractivity contribution is -0.180. The number of hydrogen-bond donors (Lipinski definition) is 5. The van der Waals surface area contributed by atoms with Crippen LogP contribution in [0.25, 0.3) is 6.08 Å². The molecule has 5 rings (SSSR count). The number of anilines is 1. The Labute approximate surface area is 298 Å². The van der Waals surface area contributed by atoms with Crippen molar-refractivity contribution in [2.24, 2.45) is 5.41 Å². The number of nitrogens with zero attached hydrogens (tertiary/aromatic N) is 2. The largest absolute Gasteiger partial charge is 0.508 e. The standard InChI is InChI=1S/C37H38ClN3O10/c1-36(2,3)30(39-29(43)17-9-21-8-16-28-26(19-21)31(44)37(51-28,34(47)48)35(49)50)33(46)40-18-4-5-27(40)32(45)41(24-12-10-23(38)11-13-24)20-22-6-14-25(42)15-7-22/h6-17,19,27,30-31,42,44H,4-5,18,20H2,1-3H3,(H,39,43)(H,47,48)(H,49,50)/b17-9+/t27-,30+,31?/m0/s1. The predicted molar refractivity (Wildman–Crippen MR) is 186 cm³/mol. The van der Waals surface area contributed by atoms with Crippen LogP contribution in [0.2, 0.25) is 5.02 Å². The van der Waals surface area contributed by atoms with E-state index in [2.05, 4.69) is 5.32 Å². The number of nitrogens with one attached hydrogen (secondary N) is 1. The molecule has 5 N–H and O–H groups in total. The molecule has 1 fully saturated rings. The highest BCUT2D eigenvalue weighted by Crippen LogP contribution is 2.44. The van der Waals surface area contributed by atoms with Gasteiger partial charge in [-0.2, -0.15) is 0 Å². The first-order chi connectivity index (χ1) is 24.0. The molecule has 2 aliphatic heterocycles. The number of aromatic hydroxyl groups is 1. The van der Waals surface area contributed by atoms with E-state index in [0.29, 0.717) is 35.7 Å². The molecular formula is C37H38ClN3O10. The second-order valence-corrected chi connectivity index (χ2v) is 14.0. The normalized spacial score (nSPS) is 18.5. The van der Waals surface area contributed by atoms with Gasteiger partial charge in [0.1, 0.15) is 29.7 Å². The van der Waals surface area contributed by atoms with Gasteiger partial charge in [-0.3, -0.25) is 14.4 Å². The van der Waals surface area contributed by atoms with Gasteiger partial charge in [0.15, 0.2) is 0 Å². The number of halogens is 1. The highest BCUT2D eigenvalue weighted by atomic mass is 35.5. The molecule has 13 nitrogen and oxygen atoms in total. The highest BCUT2D eigenvalue weighted by molar-refractivity contribution is 6.30. The van der Waals surface area contributed by atoms with Crippen molar-refractivity contribution in [2.75, 3.05) is 11.4 Å². The van der Waals surface area contributed by atoms with Crippen molar-refractivity contribution in [2.45, 2.75) is 63.9 Å². The molecule has 1 unspecified atom stereocenters. The Kier molecular flexibility index (Phi) is 10.4. The summed E-state index contributed by atoms with van der Waals surface area (Å²) in [6.07, 6.45) is 1.49. The number of aliphatic hydroxyl groups is 1. The van der Waals surface area contributed by atoms with Crippen molar-refractivity contribution in [1.29, 1.82) is 0 Å². The van der Waals surface area contributed by atoms with Crippen LogP contribution in [0.4, 0.5) is 5.69 Å². The number of amides is 3. The summed E-state index contributed by atoms with van der Waals surface area (Å²) in [5.41, 5.74) is -2.10. The fraction of sp³-hybridized carbons (Fsp3) is 0.324. The minimum Gasteiger partial charge on any atom is -0.508 e. The molecule has 14 heteroatoms. The maximum Gasteiger partial charge on any atom is 0.363 e. The Hall–Kier alpha value is -5.40. The molecule has 3 aromatic rings. The highest BCUT2D eigenvalue weighted by Gasteiger charge is 2.61. The van der Waals surface area contributed by atoms with Crippen molar-refractivity contribution in [3.05, 3.63) is 94.5 Å². The van der Waals surface area contributed by atoms with Gasteiger partial charge >= 0.3 is 17.5 Å². The van der Waals surface area contributed by atoms with Crippen LogP contribution >= 0.6 is 11.6 Å². The summed E-state index contributed by atoms with van der Waals surface area (Å²) in [7, 11) is 0. The van der Waals surface area contributed by atoms with E-state index in [0.717, 1.165) is 11.6 Å².